The van der Waals surface area contributed by atoms with Gasteiger partial charge in [0.1, 0.15) is 0 Å². The average Bonchev–Trinajstić information content (AvgIpc) is 2.12. The molecule has 0 saturated carbocycles. The molecule has 0 spiro atoms. The molecule has 0 aromatic heterocycles. The number of hydrogen-bond donors (Lipinski definition) is 1. The normalized spacial score (nSPS) is 10.1. The van der Waals surface area contributed by atoms with Crippen molar-refractivity contribution in [2.24, 2.45) is 0 Å². The highest BCUT2D eigenvalue weighted by Gasteiger charge is 2.16. The maximum atomic E-state index is 13.2. The van der Waals surface area contributed by atoms with Crippen LogP contribution in [-0.4, -0.2) is 11.1 Å². The summed E-state index contributed by atoms with van der Waals surface area (Å²) in [5, 5.41) is -0.0763. The first-order chi connectivity index (χ1) is 6.07. The van der Waals surface area contributed by atoms with Gasteiger partial charge in [-0.2, -0.15) is 0 Å². The van der Waals surface area contributed by atoms with Gasteiger partial charge in [-0.15, -0.1) is 0 Å². The zero-order chi connectivity index (χ0) is 10.0. The Balaban J connectivity index is 3.33. The van der Waals surface area contributed by atoms with Crippen LogP contribution in [0.25, 0.3) is 0 Å². The van der Waals surface area contributed by atoms with E-state index in [2.05, 4.69) is 15.9 Å². The van der Waals surface area contributed by atoms with E-state index in [4.69, 9.17) is 17.3 Å². The fraction of sp³-hybridized carbons (Fsp3) is 0.125. The molecule has 0 amide bonds. The lowest BCUT2D eigenvalue weighted by molar-refractivity contribution is 0.102. The van der Waals surface area contributed by atoms with Crippen LogP contribution in [-0.2, 0) is 0 Å². The number of carbonyl (C=O) groups excluding carboxylic acids is 1. The van der Waals surface area contributed by atoms with Crippen molar-refractivity contribution in [1.29, 1.82) is 0 Å². The van der Waals surface area contributed by atoms with Crippen molar-refractivity contribution in [3.63, 3.8) is 0 Å². The fourth-order valence-corrected chi connectivity index (χ4v) is 1.35. The third-order valence-corrected chi connectivity index (χ3v) is 2.33. The first kappa shape index (κ1) is 10.5. The number of rotatable bonds is 2. The van der Waals surface area contributed by atoms with Crippen molar-refractivity contribution in [3.05, 3.63) is 28.5 Å². The predicted molar refractivity (Wildman–Crippen MR) is 53.9 cm³/mol. The Kier molecular flexibility index (Phi) is 3.27. The smallest absolute Gasteiger partial charge is 0.178 e. The number of Topliss-reactive ketones (excluding diaryl/α,β-unsaturated/α-hetero) is 1. The molecule has 0 fully saturated rings. The maximum Gasteiger partial charge on any atom is 0.178 e. The molecule has 0 radical (unpaired) electrons. The molecule has 0 aliphatic carbocycles. The van der Waals surface area contributed by atoms with Crippen molar-refractivity contribution < 1.29 is 9.18 Å². The molecule has 70 valence electrons. The van der Waals surface area contributed by atoms with Crippen LogP contribution >= 0.6 is 27.5 Å². The van der Waals surface area contributed by atoms with E-state index in [-0.39, 0.29) is 21.6 Å². The van der Waals surface area contributed by atoms with Gasteiger partial charge in [0.15, 0.2) is 11.6 Å². The maximum absolute atomic E-state index is 13.2. The first-order valence-corrected chi connectivity index (χ1v) is 4.90. The van der Waals surface area contributed by atoms with Crippen LogP contribution in [0.1, 0.15) is 10.4 Å². The van der Waals surface area contributed by atoms with E-state index in [9.17, 15) is 9.18 Å². The van der Waals surface area contributed by atoms with Crippen molar-refractivity contribution in [3.8, 4) is 0 Å². The minimum absolute atomic E-state index is 0.0223. The second-order valence-corrected chi connectivity index (χ2v) is 3.35. The zero-order valence-corrected chi connectivity index (χ0v) is 8.82. The summed E-state index contributed by atoms with van der Waals surface area (Å²) >= 11 is 8.42. The number of anilines is 1. The van der Waals surface area contributed by atoms with Crippen molar-refractivity contribution in [2.75, 3.05) is 11.1 Å². The fourth-order valence-electron chi connectivity index (χ4n) is 0.916. The molecular formula is C8H6BrClFNO. The number of hydrogen-bond acceptors (Lipinski definition) is 2. The van der Waals surface area contributed by atoms with E-state index in [1.165, 1.54) is 12.1 Å². The van der Waals surface area contributed by atoms with Gasteiger partial charge >= 0.3 is 0 Å². The Bertz CT molecular complexity index is 356. The Morgan fingerprint density at radius 3 is 2.77 bits per heavy atom. The van der Waals surface area contributed by atoms with Crippen molar-refractivity contribution >= 4 is 39.0 Å². The van der Waals surface area contributed by atoms with Crippen LogP contribution in [0.2, 0.25) is 5.02 Å². The lowest BCUT2D eigenvalue weighted by atomic mass is 10.1. The van der Waals surface area contributed by atoms with Crippen LogP contribution < -0.4 is 5.73 Å². The Hall–Kier alpha value is -0.610. The Morgan fingerprint density at radius 1 is 1.62 bits per heavy atom. The van der Waals surface area contributed by atoms with Gasteiger partial charge in [0, 0.05) is 5.69 Å². The van der Waals surface area contributed by atoms with Gasteiger partial charge in [-0.1, -0.05) is 27.5 Å². The van der Waals surface area contributed by atoms with E-state index >= 15 is 0 Å². The predicted octanol–water partition coefficient (Wildman–Crippen LogP) is 2.64. The van der Waals surface area contributed by atoms with Gasteiger partial charge in [0.2, 0.25) is 0 Å². The van der Waals surface area contributed by atoms with Crippen LogP contribution in [0.4, 0.5) is 10.1 Å². The number of halogens is 3. The van der Waals surface area contributed by atoms with Crippen LogP contribution in [0.3, 0.4) is 0 Å². The summed E-state index contributed by atoms with van der Waals surface area (Å²) in [5.41, 5.74) is 5.38. The van der Waals surface area contributed by atoms with E-state index in [0.29, 0.717) is 0 Å². The molecule has 1 aromatic carbocycles. The van der Waals surface area contributed by atoms with Crippen LogP contribution in [0.15, 0.2) is 12.1 Å². The summed E-state index contributed by atoms with van der Waals surface area (Å²) in [6, 6.07) is 2.72. The van der Waals surface area contributed by atoms with E-state index in [0.717, 1.165) is 0 Å². The number of ketones is 1. The number of carbonyl (C=O) groups is 1. The van der Waals surface area contributed by atoms with Gasteiger partial charge in [0.05, 0.1) is 15.9 Å². The highest BCUT2D eigenvalue weighted by molar-refractivity contribution is 9.09. The molecular weight excluding hydrogens is 260 g/mol. The topological polar surface area (TPSA) is 43.1 Å². The standard InChI is InChI=1S/C8H6BrClFNO/c9-3-6(13)7-5(12)2-1-4(10)8(7)11/h1-2H,3,12H2. The molecule has 13 heavy (non-hydrogen) atoms. The average molecular weight is 266 g/mol. The quantitative estimate of drug-likeness (QED) is 0.508. The summed E-state index contributed by atoms with van der Waals surface area (Å²) in [6.07, 6.45) is 0. The number of nitrogens with two attached hydrogens (primary N) is 1. The molecule has 0 aliphatic rings. The van der Waals surface area contributed by atoms with Crippen LogP contribution in [0, 0.1) is 5.82 Å². The van der Waals surface area contributed by atoms with Gasteiger partial charge in [0.25, 0.3) is 0 Å². The van der Waals surface area contributed by atoms with E-state index in [1.54, 1.807) is 0 Å². The van der Waals surface area contributed by atoms with Gasteiger partial charge in [-0.05, 0) is 12.1 Å². The lowest BCUT2D eigenvalue weighted by Crippen LogP contribution is -2.08. The molecule has 1 rings (SSSR count). The minimum Gasteiger partial charge on any atom is -0.398 e. The van der Waals surface area contributed by atoms with E-state index in [1.807, 2.05) is 0 Å². The number of benzene rings is 1. The van der Waals surface area contributed by atoms with Gasteiger partial charge in [-0.3, -0.25) is 4.79 Å². The molecule has 2 N–H and O–H groups in total. The molecule has 0 aliphatic heterocycles. The third-order valence-electron chi connectivity index (χ3n) is 1.53. The number of alkyl halides is 1. The molecule has 0 bridgehead atoms. The monoisotopic (exact) mass is 265 g/mol. The van der Waals surface area contributed by atoms with Gasteiger partial charge < -0.3 is 5.73 Å². The molecule has 0 unspecified atom stereocenters. The Labute approximate surface area is 88.0 Å². The largest absolute Gasteiger partial charge is 0.398 e. The Morgan fingerprint density at radius 2 is 2.23 bits per heavy atom. The van der Waals surface area contributed by atoms with Crippen molar-refractivity contribution in [2.45, 2.75) is 0 Å². The molecule has 5 heteroatoms. The van der Waals surface area contributed by atoms with Crippen molar-refractivity contribution in [1.82, 2.24) is 0 Å². The second-order valence-electron chi connectivity index (χ2n) is 2.38. The lowest BCUT2D eigenvalue weighted by Gasteiger charge is -2.04. The zero-order valence-electron chi connectivity index (χ0n) is 6.48. The SMILES string of the molecule is Nc1ccc(Cl)c(F)c1C(=O)CBr. The molecule has 0 atom stereocenters. The second kappa shape index (κ2) is 4.07. The molecule has 1 aromatic rings. The summed E-state index contributed by atoms with van der Waals surface area (Å²) in [5.74, 6) is -1.18. The summed E-state index contributed by atoms with van der Waals surface area (Å²) in [4.78, 5) is 11.2. The molecule has 2 nitrogen and oxygen atoms in total. The highest BCUT2D eigenvalue weighted by atomic mass is 79.9. The summed E-state index contributed by atoms with van der Waals surface area (Å²) < 4.78 is 13.2. The van der Waals surface area contributed by atoms with Gasteiger partial charge in [-0.25, -0.2) is 4.39 Å². The summed E-state index contributed by atoms with van der Waals surface area (Å²) in [7, 11) is 0. The molecule has 0 heterocycles. The number of nitrogen functional groups attached to an aromatic ring is 1. The minimum atomic E-state index is -0.758. The third kappa shape index (κ3) is 2.00. The first-order valence-electron chi connectivity index (χ1n) is 3.40. The summed E-state index contributed by atoms with van der Waals surface area (Å²) in [6.45, 7) is 0. The van der Waals surface area contributed by atoms with Crippen LogP contribution in [0.5, 0.6) is 0 Å². The highest BCUT2D eigenvalue weighted by Crippen LogP contribution is 2.24. The van der Waals surface area contributed by atoms with E-state index < -0.39 is 11.6 Å². The molecule has 0 saturated heterocycles.